The summed E-state index contributed by atoms with van der Waals surface area (Å²) in [5.74, 6) is 1.10. The van der Waals surface area contributed by atoms with E-state index in [0.29, 0.717) is 5.75 Å². The van der Waals surface area contributed by atoms with Gasteiger partial charge >= 0.3 is 0 Å². The quantitative estimate of drug-likeness (QED) is 0.782. The molecular weight excluding hydrogens is 353 g/mol. The fourth-order valence-corrected chi connectivity index (χ4v) is 2.12. The summed E-state index contributed by atoms with van der Waals surface area (Å²) >= 11 is 15.0. The molecule has 0 N–H and O–H groups in total. The van der Waals surface area contributed by atoms with Crippen molar-refractivity contribution in [2.75, 3.05) is 0 Å². The Morgan fingerprint density at radius 2 is 1.95 bits per heavy atom. The highest BCUT2D eigenvalue weighted by atomic mass is 79.9. The first kappa shape index (κ1) is 14.5. The molecule has 0 unspecified atom stereocenters. The molecule has 0 bridgehead atoms. The number of hydrogen-bond acceptors (Lipinski definition) is 4. The molecule has 0 saturated carbocycles. The summed E-state index contributed by atoms with van der Waals surface area (Å²) in [6, 6.07) is 5.71. The van der Waals surface area contributed by atoms with Gasteiger partial charge in [0.05, 0.1) is 0 Å². The molecule has 0 amide bonds. The van der Waals surface area contributed by atoms with Crippen molar-refractivity contribution in [2.24, 2.45) is 0 Å². The minimum absolute atomic E-state index is 0.0115. The molecule has 4 nitrogen and oxygen atoms in total. The second-order valence-corrected chi connectivity index (χ2v) is 5.73. The Bertz CT molecular complexity index is 608. The van der Waals surface area contributed by atoms with Gasteiger partial charge in [0, 0.05) is 4.47 Å². The van der Waals surface area contributed by atoms with E-state index < -0.39 is 0 Å². The van der Waals surface area contributed by atoms with E-state index in [1.165, 1.54) is 0 Å². The summed E-state index contributed by atoms with van der Waals surface area (Å²) in [5, 5.41) is 7.25. The van der Waals surface area contributed by atoms with Crippen LogP contribution < -0.4 is 4.74 Å². The first-order chi connectivity index (χ1) is 8.97. The highest BCUT2D eigenvalue weighted by molar-refractivity contribution is 9.10. The Morgan fingerprint density at radius 3 is 2.63 bits per heavy atom. The van der Waals surface area contributed by atoms with Gasteiger partial charge < -0.3 is 4.74 Å². The van der Waals surface area contributed by atoms with Gasteiger partial charge in [-0.1, -0.05) is 41.4 Å². The molecule has 2 aromatic rings. The van der Waals surface area contributed by atoms with Gasteiger partial charge in [0.2, 0.25) is 10.4 Å². The zero-order valence-electron chi connectivity index (χ0n) is 10.2. The lowest BCUT2D eigenvalue weighted by molar-refractivity contribution is 0.449. The van der Waals surface area contributed by atoms with Gasteiger partial charge in [-0.3, -0.25) is 0 Å². The minimum atomic E-state index is -0.0115. The summed E-state index contributed by atoms with van der Waals surface area (Å²) in [6.45, 7) is 4.14. The molecule has 7 heteroatoms. The van der Waals surface area contributed by atoms with Gasteiger partial charge in [-0.2, -0.15) is 4.98 Å². The minimum Gasteiger partial charge on any atom is -0.436 e. The van der Waals surface area contributed by atoms with Crippen molar-refractivity contribution < 1.29 is 4.74 Å². The first-order valence-electron chi connectivity index (χ1n) is 5.50. The maximum Gasteiger partial charge on any atom is 0.262 e. The predicted molar refractivity (Wildman–Crippen MR) is 78.2 cm³/mol. The van der Waals surface area contributed by atoms with Crippen molar-refractivity contribution in [3.8, 4) is 11.6 Å². The molecule has 19 heavy (non-hydrogen) atoms. The average Bonchev–Trinajstić information content (AvgIpc) is 2.35. The van der Waals surface area contributed by atoms with Crippen molar-refractivity contribution in [3.05, 3.63) is 38.7 Å². The number of ether oxygens (including phenoxy) is 1. The molecular formula is C12H10BrCl2N3O. The number of hydrogen-bond donors (Lipinski definition) is 0. The molecule has 0 aliphatic carbocycles. The Balaban J connectivity index is 2.40. The second-order valence-electron chi connectivity index (χ2n) is 4.12. The summed E-state index contributed by atoms with van der Waals surface area (Å²) in [6.07, 6.45) is 0. The van der Waals surface area contributed by atoms with Gasteiger partial charge in [0.25, 0.3) is 5.88 Å². The van der Waals surface area contributed by atoms with E-state index in [0.717, 1.165) is 10.0 Å². The number of rotatable bonds is 3. The molecule has 0 radical (unpaired) electrons. The van der Waals surface area contributed by atoms with Crippen LogP contribution in [0.4, 0.5) is 0 Å². The van der Waals surface area contributed by atoms with Crippen LogP contribution in [0.1, 0.15) is 25.3 Å². The number of aromatic nitrogens is 3. The van der Waals surface area contributed by atoms with Gasteiger partial charge in [0.1, 0.15) is 5.75 Å². The predicted octanol–water partition coefficient (Wildman–Crippen LogP) is 4.86. The maximum atomic E-state index is 5.88. The van der Waals surface area contributed by atoms with Crippen LogP contribution in [0.2, 0.25) is 10.4 Å². The van der Waals surface area contributed by atoms with Crippen LogP contribution in [-0.4, -0.2) is 15.2 Å². The molecule has 0 saturated heterocycles. The molecule has 0 aliphatic heterocycles. The summed E-state index contributed by atoms with van der Waals surface area (Å²) in [4.78, 5) is 3.92. The van der Waals surface area contributed by atoms with Crippen molar-refractivity contribution >= 4 is 39.1 Å². The molecule has 0 aliphatic rings. The number of halogens is 3. The molecule has 1 heterocycles. The Kier molecular flexibility index (Phi) is 4.60. The zero-order chi connectivity index (χ0) is 14.0. The van der Waals surface area contributed by atoms with E-state index in [1.807, 2.05) is 18.2 Å². The monoisotopic (exact) mass is 361 g/mol. The van der Waals surface area contributed by atoms with Crippen LogP contribution in [0.3, 0.4) is 0 Å². The summed E-state index contributed by atoms with van der Waals surface area (Å²) in [5.41, 5.74) is 1.03. The number of benzene rings is 1. The summed E-state index contributed by atoms with van der Waals surface area (Å²) < 4.78 is 6.67. The smallest absolute Gasteiger partial charge is 0.262 e. The van der Waals surface area contributed by atoms with E-state index >= 15 is 0 Å². The zero-order valence-corrected chi connectivity index (χ0v) is 13.3. The van der Waals surface area contributed by atoms with Gasteiger partial charge in [-0.25, -0.2) is 0 Å². The molecule has 1 aromatic carbocycles. The van der Waals surface area contributed by atoms with Gasteiger partial charge in [0.15, 0.2) is 0 Å². The van der Waals surface area contributed by atoms with Gasteiger partial charge in [-0.05, 0) is 41.3 Å². The highest BCUT2D eigenvalue weighted by Crippen LogP contribution is 2.34. The molecule has 100 valence electrons. The Hall–Kier alpha value is -0.910. The van der Waals surface area contributed by atoms with Crippen molar-refractivity contribution in [3.63, 3.8) is 0 Å². The van der Waals surface area contributed by atoms with Crippen LogP contribution in [0.5, 0.6) is 11.6 Å². The maximum absolute atomic E-state index is 5.88. The largest absolute Gasteiger partial charge is 0.436 e. The first-order valence-corrected chi connectivity index (χ1v) is 7.05. The molecule has 0 fully saturated rings. The Labute approximate surface area is 129 Å². The Morgan fingerprint density at radius 1 is 1.21 bits per heavy atom. The highest BCUT2D eigenvalue weighted by Gasteiger charge is 2.13. The van der Waals surface area contributed by atoms with Crippen LogP contribution in [0.25, 0.3) is 0 Å². The SMILES string of the molecule is CC(C)c1cc(Br)ccc1Oc1nc(Cl)nnc1Cl. The van der Waals surface area contributed by atoms with E-state index in [1.54, 1.807) is 0 Å². The van der Waals surface area contributed by atoms with Crippen molar-refractivity contribution in [1.82, 2.24) is 15.2 Å². The fourth-order valence-electron chi connectivity index (χ4n) is 1.51. The van der Waals surface area contributed by atoms with E-state index in [4.69, 9.17) is 27.9 Å². The van der Waals surface area contributed by atoms with Crippen molar-refractivity contribution in [2.45, 2.75) is 19.8 Å². The molecule has 0 atom stereocenters. The summed E-state index contributed by atoms with van der Waals surface area (Å²) in [7, 11) is 0. The second kappa shape index (κ2) is 6.03. The topological polar surface area (TPSA) is 47.9 Å². The third-order valence-corrected chi connectivity index (χ3v) is 3.28. The lowest BCUT2D eigenvalue weighted by atomic mass is 10.0. The van der Waals surface area contributed by atoms with E-state index in [-0.39, 0.29) is 22.2 Å². The molecule has 0 spiro atoms. The third kappa shape index (κ3) is 3.55. The lowest BCUT2D eigenvalue weighted by Gasteiger charge is -2.13. The third-order valence-electron chi connectivity index (χ3n) is 2.39. The lowest BCUT2D eigenvalue weighted by Crippen LogP contribution is -1.98. The fraction of sp³-hybridized carbons (Fsp3) is 0.250. The van der Waals surface area contributed by atoms with Crippen LogP contribution >= 0.6 is 39.1 Å². The van der Waals surface area contributed by atoms with Gasteiger partial charge in [-0.15, -0.1) is 10.2 Å². The average molecular weight is 363 g/mol. The van der Waals surface area contributed by atoms with Crippen LogP contribution in [0, 0.1) is 0 Å². The molecule has 1 aromatic heterocycles. The van der Waals surface area contributed by atoms with E-state index in [2.05, 4.69) is 45.0 Å². The van der Waals surface area contributed by atoms with Crippen LogP contribution in [-0.2, 0) is 0 Å². The van der Waals surface area contributed by atoms with Crippen molar-refractivity contribution in [1.29, 1.82) is 0 Å². The van der Waals surface area contributed by atoms with E-state index in [9.17, 15) is 0 Å². The normalized spacial score (nSPS) is 10.8. The standard InChI is InChI=1S/C12H10BrCl2N3O/c1-6(2)8-5-7(13)3-4-9(8)19-11-10(14)17-18-12(15)16-11/h3-6H,1-2H3. The number of nitrogens with zero attached hydrogens (tertiary/aromatic N) is 3. The molecule has 2 rings (SSSR count). The van der Waals surface area contributed by atoms with Crippen LogP contribution in [0.15, 0.2) is 22.7 Å².